The van der Waals surface area contributed by atoms with E-state index in [-0.39, 0.29) is 36.0 Å². The van der Waals surface area contributed by atoms with E-state index in [1.807, 2.05) is 47.4 Å². The summed E-state index contributed by atoms with van der Waals surface area (Å²) in [5.74, 6) is 1.44. The van der Waals surface area contributed by atoms with E-state index in [4.69, 9.17) is 14.2 Å². The van der Waals surface area contributed by atoms with Gasteiger partial charge >= 0.3 is 5.97 Å². The number of methoxy groups -OCH3 is 1. The van der Waals surface area contributed by atoms with Gasteiger partial charge in [0.05, 0.1) is 24.6 Å². The van der Waals surface area contributed by atoms with Crippen molar-refractivity contribution in [2.24, 2.45) is 5.92 Å². The Labute approximate surface area is 237 Å². The molecule has 1 saturated carbocycles. The summed E-state index contributed by atoms with van der Waals surface area (Å²) in [7, 11) is 3.80. The maximum absolute atomic E-state index is 13.9. The first-order valence-corrected chi connectivity index (χ1v) is 14.5. The van der Waals surface area contributed by atoms with Gasteiger partial charge in [-0.15, -0.1) is 0 Å². The van der Waals surface area contributed by atoms with Crippen molar-refractivity contribution in [3.63, 3.8) is 0 Å². The van der Waals surface area contributed by atoms with E-state index < -0.39 is 11.0 Å². The quantitative estimate of drug-likeness (QED) is 0.375. The molecule has 40 heavy (non-hydrogen) atoms. The lowest BCUT2D eigenvalue weighted by molar-refractivity contribution is -0.221. The zero-order chi connectivity index (χ0) is 28.2. The predicted octanol–water partition coefficient (Wildman–Crippen LogP) is 4.62. The predicted molar refractivity (Wildman–Crippen MR) is 153 cm³/mol. The van der Waals surface area contributed by atoms with Crippen molar-refractivity contribution in [2.75, 3.05) is 27.2 Å². The van der Waals surface area contributed by atoms with Crippen molar-refractivity contribution in [3.05, 3.63) is 65.2 Å². The average molecular weight is 545 g/mol. The third-order valence-electron chi connectivity index (χ3n) is 9.65. The minimum Gasteiger partial charge on any atom is -0.493 e. The van der Waals surface area contributed by atoms with E-state index in [2.05, 4.69) is 31.9 Å². The lowest BCUT2D eigenvalue weighted by Crippen LogP contribution is -2.79. The monoisotopic (exact) mass is 544 g/mol. The molecule has 2 aromatic carbocycles. The largest absolute Gasteiger partial charge is 0.493 e. The molecular formula is C33H40N2O5. The lowest BCUT2D eigenvalue weighted by Gasteiger charge is -2.65. The molecule has 2 aromatic rings. The van der Waals surface area contributed by atoms with E-state index in [9.17, 15) is 9.59 Å². The molecule has 1 amide bonds. The van der Waals surface area contributed by atoms with Crippen LogP contribution in [0.15, 0.2) is 48.5 Å². The van der Waals surface area contributed by atoms with Crippen molar-refractivity contribution in [3.8, 4) is 11.5 Å². The Morgan fingerprint density at radius 3 is 2.65 bits per heavy atom. The minimum atomic E-state index is -0.732. The molecule has 1 saturated heterocycles. The fraction of sp³-hybridized carbons (Fsp3) is 0.515. The third kappa shape index (κ3) is 3.88. The summed E-state index contributed by atoms with van der Waals surface area (Å²) in [5.41, 5.74) is 2.05. The van der Waals surface area contributed by atoms with Crippen LogP contribution < -0.4 is 9.47 Å². The van der Waals surface area contributed by atoms with E-state index in [1.54, 1.807) is 13.2 Å². The van der Waals surface area contributed by atoms with Gasteiger partial charge in [0.2, 0.25) is 5.91 Å². The van der Waals surface area contributed by atoms with Crippen LogP contribution in [0.2, 0.25) is 0 Å². The van der Waals surface area contributed by atoms with E-state index in [1.165, 1.54) is 12.5 Å². The smallest absolute Gasteiger partial charge is 0.303 e. The second-order valence-corrected chi connectivity index (χ2v) is 12.3. The van der Waals surface area contributed by atoms with E-state index in [0.717, 1.165) is 36.3 Å². The number of piperidine rings is 1. The van der Waals surface area contributed by atoms with Crippen molar-refractivity contribution in [1.82, 2.24) is 9.80 Å². The Morgan fingerprint density at radius 2 is 1.95 bits per heavy atom. The number of carbonyl (C=O) groups is 2. The molecule has 7 nitrogen and oxygen atoms in total. The van der Waals surface area contributed by atoms with Crippen LogP contribution >= 0.6 is 0 Å². The number of hydrogen-bond acceptors (Lipinski definition) is 6. The summed E-state index contributed by atoms with van der Waals surface area (Å²) in [6.45, 7) is 7.28. The van der Waals surface area contributed by atoms with Crippen molar-refractivity contribution in [2.45, 2.75) is 75.7 Å². The van der Waals surface area contributed by atoms with Crippen LogP contribution in [0, 0.1) is 5.92 Å². The van der Waals surface area contributed by atoms with Crippen molar-refractivity contribution >= 4 is 18.0 Å². The van der Waals surface area contributed by atoms with Crippen molar-refractivity contribution in [1.29, 1.82) is 0 Å². The summed E-state index contributed by atoms with van der Waals surface area (Å²) < 4.78 is 19.3. The number of likely N-dealkylation sites (N-methyl/N-ethyl adjacent to an activating group) is 1. The highest BCUT2D eigenvalue weighted by Gasteiger charge is 2.75. The number of carbonyl (C=O) groups excluding carboxylic acids is 2. The van der Waals surface area contributed by atoms with Crippen molar-refractivity contribution < 1.29 is 23.8 Å². The molecule has 2 fully saturated rings. The molecular weight excluding hydrogens is 504 g/mol. The highest BCUT2D eigenvalue weighted by molar-refractivity contribution is 5.92. The highest BCUT2D eigenvalue weighted by atomic mass is 16.6. The Kier molecular flexibility index (Phi) is 6.68. The van der Waals surface area contributed by atoms with Crippen LogP contribution in [0.4, 0.5) is 0 Å². The summed E-state index contributed by atoms with van der Waals surface area (Å²) in [5, 5.41) is 0. The van der Waals surface area contributed by atoms with Crippen LogP contribution in [-0.4, -0.2) is 72.7 Å². The van der Waals surface area contributed by atoms with Gasteiger partial charge in [0.15, 0.2) is 11.5 Å². The molecule has 0 N–H and O–H groups in total. The molecule has 2 aliphatic heterocycles. The van der Waals surface area contributed by atoms with Gasteiger partial charge in [0.25, 0.3) is 0 Å². The number of likely N-dealkylation sites (tertiary alicyclic amines) is 1. The van der Waals surface area contributed by atoms with E-state index in [0.29, 0.717) is 25.1 Å². The number of hydrogen-bond donors (Lipinski definition) is 0. The summed E-state index contributed by atoms with van der Waals surface area (Å²) in [6, 6.07) is 13.9. The summed E-state index contributed by atoms with van der Waals surface area (Å²) in [6.07, 6.45) is 6.15. The molecule has 7 heteroatoms. The second kappa shape index (κ2) is 9.95. The fourth-order valence-corrected chi connectivity index (χ4v) is 8.24. The maximum Gasteiger partial charge on any atom is 0.303 e. The van der Waals surface area contributed by atoms with Gasteiger partial charge in [-0.2, -0.15) is 0 Å². The Balaban J connectivity index is 1.48. The van der Waals surface area contributed by atoms with Gasteiger partial charge in [0, 0.05) is 25.1 Å². The number of benzene rings is 2. The first-order valence-electron chi connectivity index (χ1n) is 14.5. The van der Waals surface area contributed by atoms with Crippen LogP contribution in [0.3, 0.4) is 0 Å². The van der Waals surface area contributed by atoms with Gasteiger partial charge in [-0.1, -0.05) is 50.2 Å². The first-order chi connectivity index (χ1) is 19.2. The topological polar surface area (TPSA) is 68.3 Å². The normalized spacial score (nSPS) is 30.1. The van der Waals surface area contributed by atoms with Crippen LogP contribution in [0.1, 0.15) is 56.7 Å². The molecule has 0 aromatic heterocycles. The molecule has 212 valence electrons. The molecule has 2 bridgehead atoms. The minimum absolute atomic E-state index is 0.0222. The number of ether oxygens (including phenoxy) is 3. The lowest BCUT2D eigenvalue weighted by atomic mass is 9.48. The fourth-order valence-electron chi connectivity index (χ4n) is 8.24. The number of amides is 1. The van der Waals surface area contributed by atoms with Gasteiger partial charge in [-0.3, -0.25) is 14.5 Å². The zero-order valence-corrected chi connectivity index (χ0v) is 24.2. The molecule has 2 heterocycles. The van der Waals surface area contributed by atoms with Crippen LogP contribution in [0.25, 0.3) is 6.08 Å². The standard InChI is InChI=1S/C33H40N2O5/c1-21(2)20-35(28(37)14-11-23-9-7-6-8-10-23)25-15-16-33(40-22(3)36)27-19-24-12-13-26(38-5)30-29(24)32(33,31(25)39-30)17-18-34(27)4/h6-14,21,25,27,31H,15-20H2,1-5H3/t25-,27+,31-,32-,33+/m0/s1. The molecule has 4 aliphatic rings. The van der Waals surface area contributed by atoms with Crippen LogP contribution in [0.5, 0.6) is 11.5 Å². The van der Waals surface area contributed by atoms with Gasteiger partial charge in [0.1, 0.15) is 11.7 Å². The van der Waals surface area contributed by atoms with Crippen LogP contribution in [-0.2, 0) is 26.2 Å². The molecule has 5 atom stereocenters. The maximum atomic E-state index is 13.9. The average Bonchev–Trinajstić information content (AvgIpc) is 3.28. The van der Waals surface area contributed by atoms with Gasteiger partial charge < -0.3 is 19.1 Å². The van der Waals surface area contributed by atoms with Gasteiger partial charge in [-0.25, -0.2) is 0 Å². The molecule has 6 rings (SSSR count). The Bertz CT molecular complexity index is 1340. The highest BCUT2D eigenvalue weighted by Crippen LogP contribution is 2.67. The molecule has 0 radical (unpaired) electrons. The van der Waals surface area contributed by atoms with Gasteiger partial charge in [-0.05, 0) is 68.5 Å². The Morgan fingerprint density at radius 1 is 1.18 bits per heavy atom. The zero-order valence-electron chi connectivity index (χ0n) is 24.2. The summed E-state index contributed by atoms with van der Waals surface area (Å²) >= 11 is 0. The SMILES string of the molecule is COc1ccc2c3c1O[C@H]1[C@@H](N(CC(C)C)C(=O)C=Cc4ccccc4)CC[C@@]4(OC(C)=O)[C@@H](C2)N(C)CC[C@]314. The molecule has 0 unspecified atom stereocenters. The number of esters is 1. The molecule has 1 spiro atoms. The molecule has 2 aliphatic carbocycles. The van der Waals surface area contributed by atoms with E-state index >= 15 is 0 Å². The number of nitrogens with zero attached hydrogens (tertiary/aromatic N) is 2. The first kappa shape index (κ1) is 26.9. The third-order valence-corrected chi connectivity index (χ3v) is 9.65. The Hall–Kier alpha value is -3.32. The number of rotatable bonds is 7. The second-order valence-electron chi connectivity index (χ2n) is 12.3. The summed E-state index contributed by atoms with van der Waals surface area (Å²) in [4.78, 5) is 31.1.